The number of benzene rings is 2. The molecule has 2 aromatic carbocycles. The Morgan fingerprint density at radius 1 is 1.12 bits per heavy atom. The Balaban J connectivity index is 1.35. The quantitative estimate of drug-likeness (QED) is 0.812. The van der Waals surface area contributed by atoms with Crippen LogP contribution >= 0.6 is 0 Å². The van der Waals surface area contributed by atoms with Gasteiger partial charge < -0.3 is 15.4 Å². The van der Waals surface area contributed by atoms with E-state index >= 15 is 0 Å². The van der Waals surface area contributed by atoms with Gasteiger partial charge >= 0.3 is 6.03 Å². The minimum absolute atomic E-state index is 0.0925. The number of carbonyl (C=O) groups is 1. The third-order valence-electron chi connectivity index (χ3n) is 4.54. The van der Waals surface area contributed by atoms with Gasteiger partial charge in [-0.1, -0.05) is 42.5 Å². The molecule has 0 radical (unpaired) electrons. The van der Waals surface area contributed by atoms with Gasteiger partial charge in [0.1, 0.15) is 5.75 Å². The van der Waals surface area contributed by atoms with Crippen molar-refractivity contribution in [1.29, 1.82) is 0 Å². The van der Waals surface area contributed by atoms with E-state index < -0.39 is 0 Å². The maximum Gasteiger partial charge on any atom is 0.315 e. The molecule has 3 rings (SSSR count). The molecular weight excluding hydrogens is 312 g/mol. The molecule has 1 atom stereocenters. The Morgan fingerprint density at radius 2 is 1.96 bits per heavy atom. The highest BCUT2D eigenvalue weighted by Crippen LogP contribution is 2.25. The van der Waals surface area contributed by atoms with Gasteiger partial charge in [0.15, 0.2) is 0 Å². The van der Waals surface area contributed by atoms with E-state index in [-0.39, 0.29) is 12.1 Å². The topological polar surface area (TPSA) is 50.4 Å². The van der Waals surface area contributed by atoms with Crippen molar-refractivity contribution in [2.75, 3.05) is 13.2 Å². The second kappa shape index (κ2) is 8.56. The van der Waals surface area contributed by atoms with Gasteiger partial charge in [0, 0.05) is 19.0 Å². The van der Waals surface area contributed by atoms with Crippen LogP contribution in [0.25, 0.3) is 0 Å². The fourth-order valence-corrected chi connectivity index (χ4v) is 3.09. The van der Waals surface area contributed by atoms with E-state index in [9.17, 15) is 4.79 Å². The van der Waals surface area contributed by atoms with Crippen molar-refractivity contribution in [3.63, 3.8) is 0 Å². The summed E-state index contributed by atoms with van der Waals surface area (Å²) in [6.07, 6.45) is 3.72. The van der Waals surface area contributed by atoms with Crippen molar-refractivity contribution in [2.45, 2.75) is 38.6 Å². The summed E-state index contributed by atoms with van der Waals surface area (Å²) in [6, 6.07) is 16.7. The summed E-state index contributed by atoms with van der Waals surface area (Å²) < 4.78 is 5.52. The smallest absolute Gasteiger partial charge is 0.315 e. The largest absolute Gasteiger partial charge is 0.493 e. The number of urea groups is 1. The van der Waals surface area contributed by atoms with Crippen LogP contribution in [0.15, 0.2) is 48.5 Å². The third-order valence-corrected chi connectivity index (χ3v) is 4.54. The third kappa shape index (κ3) is 5.24. The van der Waals surface area contributed by atoms with Gasteiger partial charge in [0.2, 0.25) is 0 Å². The highest BCUT2D eigenvalue weighted by molar-refractivity contribution is 5.74. The van der Waals surface area contributed by atoms with Gasteiger partial charge in [-0.2, -0.15) is 0 Å². The maximum atomic E-state index is 12.0. The molecule has 25 heavy (non-hydrogen) atoms. The predicted octanol–water partition coefficient (Wildman–Crippen LogP) is 3.48. The van der Waals surface area contributed by atoms with Crippen LogP contribution in [-0.4, -0.2) is 25.2 Å². The first-order valence-corrected chi connectivity index (χ1v) is 9.03. The van der Waals surface area contributed by atoms with Crippen molar-refractivity contribution in [3.05, 3.63) is 65.2 Å². The zero-order valence-corrected chi connectivity index (χ0v) is 14.8. The van der Waals surface area contributed by atoms with E-state index in [4.69, 9.17) is 4.74 Å². The van der Waals surface area contributed by atoms with Crippen LogP contribution in [0.1, 0.15) is 30.0 Å². The van der Waals surface area contributed by atoms with Crippen LogP contribution in [0.4, 0.5) is 4.79 Å². The van der Waals surface area contributed by atoms with E-state index in [0.717, 1.165) is 38.0 Å². The van der Waals surface area contributed by atoms with Gasteiger partial charge in [0.05, 0.1) is 6.61 Å². The first-order chi connectivity index (χ1) is 12.2. The number of hydrogen-bond donors (Lipinski definition) is 2. The monoisotopic (exact) mass is 338 g/mol. The summed E-state index contributed by atoms with van der Waals surface area (Å²) in [7, 11) is 0. The van der Waals surface area contributed by atoms with E-state index in [1.165, 1.54) is 16.7 Å². The molecule has 1 unspecified atom stereocenters. The fraction of sp³-hybridized carbons (Fsp3) is 0.381. The zero-order valence-electron chi connectivity index (χ0n) is 14.8. The Labute approximate surface area is 149 Å². The van der Waals surface area contributed by atoms with Crippen molar-refractivity contribution in [2.24, 2.45) is 0 Å². The van der Waals surface area contributed by atoms with Crippen LogP contribution in [-0.2, 0) is 19.3 Å². The van der Waals surface area contributed by atoms with Gasteiger partial charge in [-0.3, -0.25) is 0 Å². The molecule has 0 saturated heterocycles. The molecule has 0 fully saturated rings. The van der Waals surface area contributed by atoms with Crippen molar-refractivity contribution in [3.8, 4) is 5.75 Å². The van der Waals surface area contributed by atoms with Crippen LogP contribution in [0.5, 0.6) is 5.75 Å². The molecule has 1 aliphatic rings. The number of amides is 2. The molecule has 4 nitrogen and oxygen atoms in total. The van der Waals surface area contributed by atoms with E-state index in [1.807, 2.05) is 31.2 Å². The average molecular weight is 338 g/mol. The first-order valence-electron chi connectivity index (χ1n) is 9.03. The Kier molecular flexibility index (Phi) is 5.94. The molecule has 2 N–H and O–H groups in total. The summed E-state index contributed by atoms with van der Waals surface area (Å²) in [5, 5.41) is 5.95. The predicted molar refractivity (Wildman–Crippen MR) is 100 cm³/mol. The lowest BCUT2D eigenvalue weighted by Gasteiger charge is -2.15. The second-order valence-electron chi connectivity index (χ2n) is 6.62. The molecule has 132 valence electrons. The zero-order chi connectivity index (χ0) is 17.5. The van der Waals surface area contributed by atoms with E-state index in [0.29, 0.717) is 6.54 Å². The minimum Gasteiger partial charge on any atom is -0.493 e. The summed E-state index contributed by atoms with van der Waals surface area (Å²) >= 11 is 0. The molecule has 0 spiro atoms. The Bertz CT molecular complexity index is 700. The molecule has 0 aliphatic carbocycles. The molecule has 4 heteroatoms. The van der Waals surface area contributed by atoms with Crippen LogP contribution < -0.4 is 15.4 Å². The number of hydrogen-bond acceptors (Lipinski definition) is 2. The number of nitrogens with one attached hydrogen (secondary N) is 2. The first kappa shape index (κ1) is 17.3. The lowest BCUT2D eigenvalue weighted by atomic mass is 10.1. The summed E-state index contributed by atoms with van der Waals surface area (Å²) in [5.74, 6) is 1.00. The Hall–Kier alpha value is -2.49. The van der Waals surface area contributed by atoms with Gasteiger partial charge in [-0.25, -0.2) is 4.79 Å². The standard InChI is InChI=1S/C21H26N2O2/c1-16(7-8-17-5-3-2-4-6-17)23-21(24)22-13-11-18-9-10-20-19(15-18)12-14-25-20/h2-6,9-10,15-16H,7-8,11-14H2,1H3,(H2,22,23,24). The highest BCUT2D eigenvalue weighted by atomic mass is 16.5. The SMILES string of the molecule is CC(CCc1ccccc1)NC(=O)NCCc1ccc2c(c1)CCO2. The molecule has 0 aromatic heterocycles. The van der Waals surface area contributed by atoms with Crippen LogP contribution in [0, 0.1) is 0 Å². The minimum atomic E-state index is -0.0925. The maximum absolute atomic E-state index is 12.0. The van der Waals surface area contributed by atoms with Crippen molar-refractivity contribution < 1.29 is 9.53 Å². The van der Waals surface area contributed by atoms with E-state index in [2.05, 4.69) is 34.9 Å². The highest BCUT2D eigenvalue weighted by Gasteiger charge is 2.12. The van der Waals surface area contributed by atoms with Crippen molar-refractivity contribution >= 4 is 6.03 Å². The number of fused-ring (bicyclic) bond motifs is 1. The fourth-order valence-electron chi connectivity index (χ4n) is 3.09. The summed E-state index contributed by atoms with van der Waals surface area (Å²) in [6.45, 7) is 3.46. The molecular formula is C21H26N2O2. The van der Waals surface area contributed by atoms with Crippen LogP contribution in [0.2, 0.25) is 0 Å². The Morgan fingerprint density at radius 3 is 2.80 bits per heavy atom. The van der Waals surface area contributed by atoms with E-state index in [1.54, 1.807) is 0 Å². The number of ether oxygens (including phenoxy) is 1. The molecule has 0 saturated carbocycles. The number of carbonyl (C=O) groups excluding carboxylic acids is 1. The molecule has 1 aliphatic heterocycles. The average Bonchev–Trinajstić information content (AvgIpc) is 3.08. The van der Waals surface area contributed by atoms with Gasteiger partial charge in [0.25, 0.3) is 0 Å². The summed E-state index contributed by atoms with van der Waals surface area (Å²) in [4.78, 5) is 12.0. The molecule has 1 heterocycles. The normalized spacial score (nSPS) is 13.6. The molecule has 2 amide bonds. The summed E-state index contributed by atoms with van der Waals surface area (Å²) in [5.41, 5.74) is 3.82. The van der Waals surface area contributed by atoms with Crippen molar-refractivity contribution in [1.82, 2.24) is 10.6 Å². The van der Waals surface area contributed by atoms with Gasteiger partial charge in [-0.15, -0.1) is 0 Å². The lowest BCUT2D eigenvalue weighted by Crippen LogP contribution is -2.41. The van der Waals surface area contributed by atoms with Crippen LogP contribution in [0.3, 0.4) is 0 Å². The number of aryl methyl sites for hydroxylation is 1. The molecule has 0 bridgehead atoms. The van der Waals surface area contributed by atoms with Gasteiger partial charge in [-0.05, 0) is 48.9 Å². The lowest BCUT2D eigenvalue weighted by molar-refractivity contribution is 0.237. The second-order valence-corrected chi connectivity index (χ2v) is 6.62. The molecule has 2 aromatic rings. The number of rotatable bonds is 7.